The lowest BCUT2D eigenvalue weighted by Gasteiger charge is -2.38. The Hall–Kier alpha value is -2.52. The normalized spacial score (nSPS) is 17.3. The van der Waals surface area contributed by atoms with Crippen LogP contribution in [0.1, 0.15) is 54.0 Å². The third-order valence-electron chi connectivity index (χ3n) is 8.43. The molecule has 3 heterocycles. The molecule has 0 radical (unpaired) electrons. The van der Waals surface area contributed by atoms with Crippen molar-refractivity contribution < 1.29 is 9.53 Å². The Morgan fingerprint density at radius 3 is 1.70 bits per heavy atom. The molecule has 3 aliphatic heterocycles. The number of para-hydroxylation sites is 2. The minimum atomic E-state index is 0.202. The van der Waals surface area contributed by atoms with Crippen LogP contribution in [-0.2, 0) is 4.79 Å². The highest BCUT2D eigenvalue weighted by Crippen LogP contribution is 2.28. The molecular weight excluding hydrogens is 596 g/mol. The molecular formula is C37H65ClN6O2. The van der Waals surface area contributed by atoms with E-state index in [0.717, 1.165) is 89.3 Å². The Balaban J connectivity index is 0.000000336. The second kappa shape index (κ2) is 22.9. The quantitative estimate of drug-likeness (QED) is 0.373. The summed E-state index contributed by atoms with van der Waals surface area (Å²) in [7, 11) is 5.98. The average Bonchev–Trinajstić information content (AvgIpc) is 3.09. The Morgan fingerprint density at radius 2 is 1.20 bits per heavy atom. The Kier molecular flexibility index (Phi) is 20.7. The van der Waals surface area contributed by atoms with Gasteiger partial charge in [0.25, 0.3) is 0 Å². The van der Waals surface area contributed by atoms with Crippen molar-refractivity contribution in [1.29, 1.82) is 0 Å². The largest absolute Gasteiger partial charge is 0.495 e. The zero-order valence-corrected chi connectivity index (χ0v) is 31.7. The van der Waals surface area contributed by atoms with E-state index in [1.165, 1.54) is 16.9 Å². The molecule has 5 rings (SSSR count). The zero-order valence-electron chi connectivity index (χ0n) is 31.0. The van der Waals surface area contributed by atoms with Gasteiger partial charge in [0.2, 0.25) is 5.91 Å². The molecule has 262 valence electrons. The summed E-state index contributed by atoms with van der Waals surface area (Å²) in [4.78, 5) is 24.6. The molecule has 8 nitrogen and oxygen atoms in total. The van der Waals surface area contributed by atoms with Gasteiger partial charge in [0.15, 0.2) is 0 Å². The van der Waals surface area contributed by atoms with E-state index in [9.17, 15) is 4.79 Å². The lowest BCUT2D eigenvalue weighted by atomic mass is 10.1. The highest BCUT2D eigenvalue weighted by Gasteiger charge is 2.20. The fraction of sp³-hybridized carbons (Fsp3) is 0.649. The van der Waals surface area contributed by atoms with Gasteiger partial charge in [-0.1, -0.05) is 57.5 Å². The van der Waals surface area contributed by atoms with E-state index >= 15 is 0 Å². The number of carbonyl (C=O) groups excluding carboxylic acids is 1. The van der Waals surface area contributed by atoms with Crippen LogP contribution in [-0.4, -0.2) is 131 Å². The Bertz CT molecular complexity index is 1090. The lowest BCUT2D eigenvalue weighted by Crippen LogP contribution is -2.49. The summed E-state index contributed by atoms with van der Waals surface area (Å²) in [6.07, 6.45) is 0. The predicted molar refractivity (Wildman–Crippen MR) is 200 cm³/mol. The second-order valence-electron chi connectivity index (χ2n) is 11.8. The summed E-state index contributed by atoms with van der Waals surface area (Å²) in [6.45, 7) is 29.0. The molecule has 46 heavy (non-hydrogen) atoms. The number of nitrogens with zero attached hydrogens (tertiary/aromatic N) is 6. The minimum absolute atomic E-state index is 0.202. The fourth-order valence-electron chi connectivity index (χ4n) is 5.46. The molecule has 0 bridgehead atoms. The van der Waals surface area contributed by atoms with Gasteiger partial charge in [-0.05, 0) is 64.7 Å². The summed E-state index contributed by atoms with van der Waals surface area (Å²) in [5.74, 6) is 1.18. The third-order valence-corrected chi connectivity index (χ3v) is 8.67. The summed E-state index contributed by atoms with van der Waals surface area (Å²) < 4.78 is 5.37. The molecule has 0 atom stereocenters. The third kappa shape index (κ3) is 14.1. The first-order chi connectivity index (χ1) is 22.1. The molecule has 2 aromatic carbocycles. The van der Waals surface area contributed by atoms with E-state index in [0.29, 0.717) is 6.04 Å². The molecule has 3 aliphatic rings. The van der Waals surface area contributed by atoms with Crippen molar-refractivity contribution in [3.05, 3.63) is 53.1 Å². The van der Waals surface area contributed by atoms with Crippen LogP contribution in [0.15, 0.2) is 42.5 Å². The fourth-order valence-corrected chi connectivity index (χ4v) is 5.63. The number of ether oxygens (including phenoxy) is 1. The average molecular weight is 661 g/mol. The first kappa shape index (κ1) is 41.5. The van der Waals surface area contributed by atoms with Crippen LogP contribution < -0.4 is 14.5 Å². The summed E-state index contributed by atoms with van der Waals surface area (Å²) >= 11 is 6.08. The molecule has 0 aromatic heterocycles. The van der Waals surface area contributed by atoms with E-state index in [4.69, 9.17) is 16.3 Å². The number of benzene rings is 2. The lowest BCUT2D eigenvalue weighted by molar-refractivity contribution is -0.130. The maximum Gasteiger partial charge on any atom is 0.219 e. The Labute approximate surface area is 287 Å². The molecule has 1 amide bonds. The topological polar surface area (TPSA) is 45.7 Å². The minimum Gasteiger partial charge on any atom is -0.495 e. The van der Waals surface area contributed by atoms with Crippen LogP contribution in [0, 0.1) is 6.92 Å². The van der Waals surface area contributed by atoms with E-state index in [1.54, 1.807) is 14.0 Å². The number of rotatable bonds is 4. The second-order valence-corrected chi connectivity index (χ2v) is 12.3. The van der Waals surface area contributed by atoms with Gasteiger partial charge in [-0.25, -0.2) is 0 Å². The van der Waals surface area contributed by atoms with Gasteiger partial charge in [-0.15, -0.1) is 0 Å². The number of amides is 1. The highest BCUT2D eigenvalue weighted by molar-refractivity contribution is 6.30. The van der Waals surface area contributed by atoms with Crippen molar-refractivity contribution in [3.8, 4) is 5.75 Å². The van der Waals surface area contributed by atoms with Crippen LogP contribution in [0.25, 0.3) is 0 Å². The standard InChI is InChI=1S/C14H21ClN2.C12H18N2O.C7H14N2O.2C2H6/c1-11(2)16-6-8-17(9-7-16)14-10-13(15)5-4-12(14)3;1-13-7-9-14(10-8-13)11-5-3-4-6-12(11)15-2;1-7(10)9-5-3-8(2)4-6-9;2*1-2/h4-5,10-11H,6-9H2,1-3H3;3-6H,7-10H2,1-2H3;3-6H2,1-2H3;2*1-2H3. The molecule has 2 aromatic rings. The van der Waals surface area contributed by atoms with E-state index in [-0.39, 0.29) is 5.91 Å². The van der Waals surface area contributed by atoms with E-state index in [2.05, 4.69) is 83.6 Å². The van der Waals surface area contributed by atoms with Crippen LogP contribution in [0.5, 0.6) is 5.75 Å². The van der Waals surface area contributed by atoms with Gasteiger partial charge < -0.3 is 29.2 Å². The van der Waals surface area contributed by atoms with Gasteiger partial charge >= 0.3 is 0 Å². The van der Waals surface area contributed by atoms with Crippen LogP contribution in [0.3, 0.4) is 0 Å². The smallest absolute Gasteiger partial charge is 0.219 e. The number of aryl methyl sites for hydroxylation is 1. The molecule has 0 spiro atoms. The van der Waals surface area contributed by atoms with Crippen molar-refractivity contribution in [2.24, 2.45) is 0 Å². The molecule has 0 unspecified atom stereocenters. The number of halogens is 1. The van der Waals surface area contributed by atoms with Gasteiger partial charge in [0.1, 0.15) is 5.75 Å². The monoisotopic (exact) mass is 660 g/mol. The first-order valence-electron chi connectivity index (χ1n) is 17.3. The molecule has 0 aliphatic carbocycles. The van der Waals surface area contributed by atoms with E-state index < -0.39 is 0 Å². The number of hydrogen-bond donors (Lipinski definition) is 0. The van der Waals surface area contributed by atoms with Gasteiger partial charge in [0.05, 0.1) is 12.8 Å². The van der Waals surface area contributed by atoms with Crippen LogP contribution in [0.2, 0.25) is 5.02 Å². The number of carbonyl (C=O) groups is 1. The van der Waals surface area contributed by atoms with E-state index in [1.807, 2.05) is 50.8 Å². The van der Waals surface area contributed by atoms with Crippen molar-refractivity contribution in [2.45, 2.75) is 61.4 Å². The maximum atomic E-state index is 10.8. The predicted octanol–water partition coefficient (Wildman–Crippen LogP) is 6.46. The number of piperazine rings is 3. The first-order valence-corrected chi connectivity index (χ1v) is 17.7. The zero-order chi connectivity index (χ0) is 34.6. The van der Waals surface area contributed by atoms with Gasteiger partial charge in [-0.2, -0.15) is 0 Å². The van der Waals surface area contributed by atoms with Crippen molar-refractivity contribution >= 4 is 28.9 Å². The van der Waals surface area contributed by atoms with Gasteiger partial charge in [0, 0.05) is 102 Å². The van der Waals surface area contributed by atoms with Crippen molar-refractivity contribution in [3.63, 3.8) is 0 Å². The summed E-state index contributed by atoms with van der Waals surface area (Å²) in [6, 6.07) is 15.0. The Morgan fingerprint density at radius 1 is 0.717 bits per heavy atom. The number of anilines is 2. The molecule has 9 heteroatoms. The number of likely N-dealkylation sites (N-methyl/N-ethyl adjacent to an activating group) is 2. The molecule has 3 fully saturated rings. The molecule has 0 saturated carbocycles. The number of methoxy groups -OCH3 is 1. The molecule has 3 saturated heterocycles. The number of hydrogen-bond acceptors (Lipinski definition) is 7. The van der Waals surface area contributed by atoms with Crippen molar-refractivity contribution in [2.75, 3.05) is 110 Å². The summed E-state index contributed by atoms with van der Waals surface area (Å²) in [5.41, 5.74) is 3.82. The summed E-state index contributed by atoms with van der Waals surface area (Å²) in [5, 5.41) is 0.830. The molecule has 0 N–H and O–H groups in total. The SMILES string of the molecule is CC.CC.CC(=O)N1CCN(C)CC1.COc1ccccc1N1CCN(C)CC1.Cc1ccc(Cl)cc1N1CCN(C(C)C)CC1. The van der Waals surface area contributed by atoms with Gasteiger partial charge in [-0.3, -0.25) is 9.69 Å². The maximum absolute atomic E-state index is 10.8. The van der Waals surface area contributed by atoms with Crippen LogP contribution >= 0.6 is 11.6 Å². The van der Waals surface area contributed by atoms with Crippen LogP contribution in [0.4, 0.5) is 11.4 Å². The van der Waals surface area contributed by atoms with Crippen molar-refractivity contribution in [1.82, 2.24) is 19.6 Å². The highest BCUT2D eigenvalue weighted by atomic mass is 35.5.